The van der Waals surface area contributed by atoms with Crippen molar-refractivity contribution in [2.75, 3.05) is 18.5 Å². The molecule has 14 heteroatoms. The van der Waals surface area contributed by atoms with Gasteiger partial charge >= 0.3 is 6.36 Å². The molecule has 5 rings (SSSR count). The number of ether oxygens (including phenoxy) is 2. The average molecular weight is 530 g/mol. The second-order valence-corrected chi connectivity index (χ2v) is 8.29. The number of fused-ring (bicyclic) bond motifs is 2. The summed E-state index contributed by atoms with van der Waals surface area (Å²) in [5, 5.41) is 6.64. The predicted molar refractivity (Wildman–Crippen MR) is 124 cm³/mol. The van der Waals surface area contributed by atoms with Crippen LogP contribution in [-0.4, -0.2) is 55.8 Å². The normalized spacial score (nSPS) is 13.6. The number of benzene rings is 1. The Hall–Kier alpha value is -4.75. The van der Waals surface area contributed by atoms with Crippen molar-refractivity contribution in [3.63, 3.8) is 0 Å². The summed E-state index contributed by atoms with van der Waals surface area (Å²) < 4.78 is 63.1. The van der Waals surface area contributed by atoms with E-state index in [1.807, 2.05) is 0 Å². The third kappa shape index (κ3) is 5.33. The summed E-state index contributed by atoms with van der Waals surface area (Å²) in [5.41, 5.74) is 1.56. The van der Waals surface area contributed by atoms with E-state index in [2.05, 4.69) is 25.1 Å². The highest BCUT2D eigenvalue weighted by atomic mass is 19.4. The van der Waals surface area contributed by atoms with Crippen molar-refractivity contribution < 1.29 is 36.6 Å². The van der Waals surface area contributed by atoms with Gasteiger partial charge in [0.1, 0.15) is 23.7 Å². The van der Waals surface area contributed by atoms with Gasteiger partial charge in [0.25, 0.3) is 5.91 Å². The molecular weight excluding hydrogens is 512 g/mol. The number of pyridine rings is 2. The van der Waals surface area contributed by atoms with Gasteiger partial charge in [-0.1, -0.05) is 0 Å². The van der Waals surface area contributed by atoms with Crippen LogP contribution in [-0.2, 0) is 11.3 Å². The smallest absolute Gasteiger partial charge is 0.475 e. The van der Waals surface area contributed by atoms with Crippen LogP contribution in [0.4, 0.5) is 23.5 Å². The molecule has 4 aromatic rings. The molecule has 2 amide bonds. The molecule has 3 aromatic heterocycles. The lowest BCUT2D eigenvalue weighted by atomic mass is 10.1. The topological polar surface area (TPSA) is 111 Å². The average Bonchev–Trinajstić information content (AvgIpc) is 3.17. The summed E-state index contributed by atoms with van der Waals surface area (Å²) in [4.78, 5) is 34.4. The summed E-state index contributed by atoms with van der Waals surface area (Å²) in [6.45, 7) is 1.11. The number of aromatic nitrogens is 4. The zero-order chi connectivity index (χ0) is 27.0. The number of amides is 2. The number of carbonyl (C=O) groups excluding carboxylic acids is 2. The SMILES string of the molecule is CC(=O)Nc1nc2cc(-c3cnc4c(c3)C(=O)N(Cc3cc(OC(F)(F)F)ccc3F)CCO4)ccn2n1. The third-order valence-electron chi connectivity index (χ3n) is 5.54. The molecule has 1 N–H and O–H groups in total. The summed E-state index contributed by atoms with van der Waals surface area (Å²) in [5.74, 6) is -2.03. The van der Waals surface area contributed by atoms with Gasteiger partial charge in [0, 0.05) is 37.0 Å². The number of halogens is 4. The van der Waals surface area contributed by atoms with E-state index in [4.69, 9.17) is 4.74 Å². The molecule has 4 heterocycles. The van der Waals surface area contributed by atoms with Crippen molar-refractivity contribution in [2.24, 2.45) is 0 Å². The van der Waals surface area contributed by atoms with Crippen LogP contribution in [0.25, 0.3) is 16.8 Å². The summed E-state index contributed by atoms with van der Waals surface area (Å²) >= 11 is 0. The number of hydrogen-bond donors (Lipinski definition) is 1. The first-order valence-corrected chi connectivity index (χ1v) is 11.2. The van der Waals surface area contributed by atoms with Crippen molar-refractivity contribution in [2.45, 2.75) is 19.8 Å². The molecule has 0 bridgehead atoms. The first kappa shape index (κ1) is 24.9. The zero-order valence-electron chi connectivity index (χ0n) is 19.6. The van der Waals surface area contributed by atoms with Crippen molar-refractivity contribution in [3.8, 4) is 22.8 Å². The van der Waals surface area contributed by atoms with Crippen LogP contribution in [0, 0.1) is 5.82 Å². The Kier molecular flexibility index (Phi) is 6.30. The molecule has 1 aliphatic heterocycles. The number of carbonyl (C=O) groups is 2. The standard InChI is InChI=1S/C24H18F4N6O4/c1-13(35)30-23-31-20-10-14(4-5-34(20)32-23)15-9-18-21(29-11-15)37-7-6-33(22(18)36)12-16-8-17(2-3-19(16)25)38-24(26,27)28/h2-5,8-11H,6-7,12H2,1H3,(H,30,32,35). The summed E-state index contributed by atoms with van der Waals surface area (Å²) in [6.07, 6.45) is -1.81. The van der Waals surface area contributed by atoms with Crippen LogP contribution in [0.15, 0.2) is 48.8 Å². The van der Waals surface area contributed by atoms with Crippen molar-refractivity contribution in [1.29, 1.82) is 0 Å². The molecule has 0 spiro atoms. The molecule has 1 aliphatic rings. The highest BCUT2D eigenvalue weighted by Gasteiger charge is 2.32. The minimum atomic E-state index is -4.94. The Labute approximate surface area is 211 Å². The fourth-order valence-corrected chi connectivity index (χ4v) is 3.90. The maximum absolute atomic E-state index is 14.4. The second-order valence-electron chi connectivity index (χ2n) is 8.29. The predicted octanol–water partition coefficient (Wildman–Crippen LogP) is 3.82. The first-order chi connectivity index (χ1) is 18.1. The minimum Gasteiger partial charge on any atom is -0.475 e. The monoisotopic (exact) mass is 530 g/mol. The minimum absolute atomic E-state index is 0.0447. The third-order valence-corrected chi connectivity index (χ3v) is 5.54. The second kappa shape index (κ2) is 9.61. The lowest BCUT2D eigenvalue weighted by Gasteiger charge is -2.21. The molecule has 0 radical (unpaired) electrons. The van der Waals surface area contributed by atoms with Crippen LogP contribution in [0.1, 0.15) is 22.8 Å². The van der Waals surface area contributed by atoms with Gasteiger partial charge in [-0.2, -0.15) is 4.98 Å². The number of anilines is 1. The molecular formula is C24H18F4N6O4. The molecule has 0 aliphatic carbocycles. The van der Waals surface area contributed by atoms with Gasteiger partial charge in [-0.05, 0) is 42.0 Å². The Morgan fingerprint density at radius 3 is 2.76 bits per heavy atom. The molecule has 0 saturated heterocycles. The number of nitrogens with zero attached hydrogens (tertiary/aromatic N) is 5. The van der Waals surface area contributed by atoms with Crippen LogP contribution in [0.5, 0.6) is 11.6 Å². The van der Waals surface area contributed by atoms with Crippen LogP contribution in [0.3, 0.4) is 0 Å². The van der Waals surface area contributed by atoms with Gasteiger partial charge in [-0.25, -0.2) is 13.9 Å². The van der Waals surface area contributed by atoms with E-state index < -0.39 is 23.8 Å². The highest BCUT2D eigenvalue weighted by molar-refractivity contribution is 5.98. The van der Waals surface area contributed by atoms with Gasteiger partial charge in [0.05, 0.1) is 6.54 Å². The molecule has 0 atom stereocenters. The lowest BCUT2D eigenvalue weighted by Crippen LogP contribution is -2.32. The highest BCUT2D eigenvalue weighted by Crippen LogP contribution is 2.30. The van der Waals surface area contributed by atoms with Gasteiger partial charge in [0.2, 0.25) is 17.7 Å². The van der Waals surface area contributed by atoms with E-state index in [1.165, 1.54) is 22.5 Å². The molecule has 1 aromatic carbocycles. The Balaban J connectivity index is 1.43. The van der Waals surface area contributed by atoms with Crippen LogP contribution in [0.2, 0.25) is 0 Å². The van der Waals surface area contributed by atoms with E-state index in [-0.39, 0.29) is 48.6 Å². The number of nitrogens with one attached hydrogen (secondary N) is 1. The van der Waals surface area contributed by atoms with Gasteiger partial charge < -0.3 is 14.4 Å². The zero-order valence-corrected chi connectivity index (χ0v) is 19.6. The quantitative estimate of drug-likeness (QED) is 0.391. The van der Waals surface area contributed by atoms with E-state index in [9.17, 15) is 27.2 Å². The maximum atomic E-state index is 14.4. The Bertz CT molecular complexity index is 1550. The Morgan fingerprint density at radius 2 is 2.00 bits per heavy atom. The van der Waals surface area contributed by atoms with Crippen molar-refractivity contribution in [3.05, 3.63) is 65.7 Å². The number of rotatable bonds is 5. The van der Waals surface area contributed by atoms with Gasteiger partial charge in [-0.3, -0.25) is 14.9 Å². The molecule has 0 unspecified atom stereocenters. The largest absolute Gasteiger partial charge is 0.573 e. The maximum Gasteiger partial charge on any atom is 0.573 e. The fraction of sp³-hybridized carbons (Fsp3) is 0.208. The summed E-state index contributed by atoms with van der Waals surface area (Å²) in [6, 6.07) is 7.56. The number of alkyl halides is 3. The van der Waals surface area contributed by atoms with Crippen molar-refractivity contribution in [1.82, 2.24) is 24.5 Å². The fourth-order valence-electron chi connectivity index (χ4n) is 3.90. The number of hydrogen-bond acceptors (Lipinski definition) is 7. The van der Waals surface area contributed by atoms with E-state index in [0.717, 1.165) is 18.2 Å². The molecule has 10 nitrogen and oxygen atoms in total. The summed E-state index contributed by atoms with van der Waals surface area (Å²) in [7, 11) is 0. The molecule has 0 saturated carbocycles. The molecule has 196 valence electrons. The Morgan fingerprint density at radius 1 is 1.18 bits per heavy atom. The van der Waals surface area contributed by atoms with Crippen LogP contribution >= 0.6 is 0 Å². The van der Waals surface area contributed by atoms with Crippen LogP contribution < -0.4 is 14.8 Å². The van der Waals surface area contributed by atoms with E-state index in [0.29, 0.717) is 16.8 Å². The molecule has 0 fully saturated rings. The van der Waals surface area contributed by atoms with Gasteiger partial charge in [-0.15, -0.1) is 18.3 Å². The van der Waals surface area contributed by atoms with Crippen molar-refractivity contribution >= 4 is 23.4 Å². The van der Waals surface area contributed by atoms with Gasteiger partial charge in [0.15, 0.2) is 5.65 Å². The van der Waals surface area contributed by atoms with E-state index in [1.54, 1.807) is 24.4 Å². The van der Waals surface area contributed by atoms with E-state index >= 15 is 0 Å². The lowest BCUT2D eigenvalue weighted by molar-refractivity contribution is -0.274. The molecule has 38 heavy (non-hydrogen) atoms. The first-order valence-electron chi connectivity index (χ1n) is 11.2.